The van der Waals surface area contributed by atoms with E-state index < -0.39 is 0 Å². The molecule has 1 aromatic carbocycles. The van der Waals surface area contributed by atoms with Crippen LogP contribution >= 0.6 is 22.6 Å². The van der Waals surface area contributed by atoms with Crippen molar-refractivity contribution in [3.8, 4) is 0 Å². The molecule has 1 fully saturated rings. The molecule has 0 atom stereocenters. The van der Waals surface area contributed by atoms with Crippen LogP contribution in [0.15, 0.2) is 30.5 Å². The number of aryl methyl sites for hydroxylation is 1. The number of benzene rings is 1. The Morgan fingerprint density at radius 3 is 2.87 bits per heavy atom. The van der Waals surface area contributed by atoms with Crippen LogP contribution in [0.1, 0.15) is 16.1 Å². The standard InChI is InChI=1S/C16H19IN4O2/c1-20-15(14(17)10-18-20)16(22)19-13-4-2-3-12(9-13)11-21-5-7-23-8-6-21/h2-4,9-10H,5-8,11H2,1H3,(H,19,22). The molecule has 1 amide bonds. The van der Waals surface area contributed by atoms with E-state index in [0.717, 1.165) is 42.1 Å². The van der Waals surface area contributed by atoms with Crippen LogP contribution in [0.4, 0.5) is 5.69 Å². The first kappa shape index (κ1) is 16.4. The largest absolute Gasteiger partial charge is 0.379 e. The van der Waals surface area contributed by atoms with Crippen molar-refractivity contribution in [3.63, 3.8) is 0 Å². The third-order valence-electron chi connectivity index (χ3n) is 3.80. The first-order chi connectivity index (χ1) is 11.1. The Bertz CT molecular complexity index is 676. The van der Waals surface area contributed by atoms with Crippen molar-refractivity contribution in [3.05, 3.63) is 45.3 Å². The molecule has 3 rings (SSSR count). The number of hydrogen-bond acceptors (Lipinski definition) is 4. The van der Waals surface area contributed by atoms with Crippen LogP contribution in [0.5, 0.6) is 0 Å². The molecule has 0 saturated carbocycles. The van der Waals surface area contributed by atoms with E-state index >= 15 is 0 Å². The molecule has 23 heavy (non-hydrogen) atoms. The fourth-order valence-corrected chi connectivity index (χ4v) is 3.34. The topological polar surface area (TPSA) is 59.4 Å². The molecule has 122 valence electrons. The highest BCUT2D eigenvalue weighted by Crippen LogP contribution is 2.16. The van der Waals surface area contributed by atoms with Gasteiger partial charge < -0.3 is 10.1 Å². The molecule has 1 aliphatic heterocycles. The van der Waals surface area contributed by atoms with E-state index in [1.54, 1.807) is 17.9 Å². The second-order valence-electron chi connectivity index (χ2n) is 5.51. The third-order valence-corrected chi connectivity index (χ3v) is 4.59. The number of aromatic nitrogens is 2. The highest BCUT2D eigenvalue weighted by molar-refractivity contribution is 14.1. The van der Waals surface area contributed by atoms with Gasteiger partial charge in [0.05, 0.1) is 23.0 Å². The molecule has 0 bridgehead atoms. The Labute approximate surface area is 148 Å². The summed E-state index contributed by atoms with van der Waals surface area (Å²) in [5.74, 6) is -0.141. The van der Waals surface area contributed by atoms with Crippen LogP contribution in [0.25, 0.3) is 0 Å². The van der Waals surface area contributed by atoms with Crippen molar-refractivity contribution in [2.75, 3.05) is 31.6 Å². The van der Waals surface area contributed by atoms with E-state index in [-0.39, 0.29) is 5.91 Å². The molecule has 2 aromatic rings. The fourth-order valence-electron chi connectivity index (χ4n) is 2.62. The number of nitrogens with one attached hydrogen (secondary N) is 1. The lowest BCUT2D eigenvalue weighted by Gasteiger charge is -2.26. The number of rotatable bonds is 4. The Morgan fingerprint density at radius 2 is 2.17 bits per heavy atom. The highest BCUT2D eigenvalue weighted by atomic mass is 127. The molecule has 2 heterocycles. The van der Waals surface area contributed by atoms with E-state index in [9.17, 15) is 4.79 Å². The Hall–Kier alpha value is -1.45. The average molecular weight is 426 g/mol. The summed E-state index contributed by atoms with van der Waals surface area (Å²) in [4.78, 5) is 14.8. The molecule has 1 N–H and O–H groups in total. The summed E-state index contributed by atoms with van der Waals surface area (Å²) < 4.78 is 7.80. The number of nitrogens with zero attached hydrogens (tertiary/aromatic N) is 3. The zero-order valence-corrected chi connectivity index (χ0v) is 15.1. The van der Waals surface area contributed by atoms with E-state index in [0.29, 0.717) is 5.69 Å². The van der Waals surface area contributed by atoms with Crippen LogP contribution in [0.3, 0.4) is 0 Å². The van der Waals surface area contributed by atoms with Gasteiger partial charge >= 0.3 is 0 Å². The first-order valence-corrected chi connectivity index (χ1v) is 8.59. The van der Waals surface area contributed by atoms with Crippen molar-refractivity contribution in [2.45, 2.75) is 6.54 Å². The summed E-state index contributed by atoms with van der Waals surface area (Å²) in [6.07, 6.45) is 1.68. The number of carbonyl (C=O) groups is 1. The molecule has 0 unspecified atom stereocenters. The van der Waals surface area contributed by atoms with Crippen molar-refractivity contribution < 1.29 is 9.53 Å². The van der Waals surface area contributed by atoms with Gasteiger partial charge in [-0.25, -0.2) is 0 Å². The van der Waals surface area contributed by atoms with Crippen LogP contribution in [-0.4, -0.2) is 46.9 Å². The molecular formula is C16H19IN4O2. The molecule has 7 heteroatoms. The second kappa shape index (κ2) is 7.41. The fraction of sp³-hybridized carbons (Fsp3) is 0.375. The molecule has 1 aliphatic rings. The minimum absolute atomic E-state index is 0.141. The predicted molar refractivity (Wildman–Crippen MR) is 96.4 cm³/mol. The second-order valence-corrected chi connectivity index (χ2v) is 6.67. The average Bonchev–Trinajstić information content (AvgIpc) is 2.87. The lowest BCUT2D eigenvalue weighted by atomic mass is 10.1. The zero-order valence-electron chi connectivity index (χ0n) is 13.0. The maximum atomic E-state index is 12.4. The molecule has 0 aliphatic carbocycles. The molecule has 0 radical (unpaired) electrons. The number of morpholine rings is 1. The van der Waals surface area contributed by atoms with E-state index in [2.05, 4.69) is 44.0 Å². The van der Waals surface area contributed by atoms with Crippen LogP contribution in [0.2, 0.25) is 0 Å². The van der Waals surface area contributed by atoms with Gasteiger partial charge in [-0.3, -0.25) is 14.4 Å². The van der Waals surface area contributed by atoms with Gasteiger partial charge in [0, 0.05) is 32.4 Å². The van der Waals surface area contributed by atoms with Crippen molar-refractivity contribution in [2.24, 2.45) is 7.05 Å². The van der Waals surface area contributed by atoms with Gasteiger partial charge in [0.1, 0.15) is 5.69 Å². The van der Waals surface area contributed by atoms with Crippen LogP contribution < -0.4 is 5.32 Å². The Morgan fingerprint density at radius 1 is 1.39 bits per heavy atom. The van der Waals surface area contributed by atoms with E-state index in [1.165, 1.54) is 5.56 Å². The van der Waals surface area contributed by atoms with Crippen LogP contribution in [0, 0.1) is 3.57 Å². The Balaban J connectivity index is 1.68. The monoisotopic (exact) mass is 426 g/mol. The summed E-state index contributed by atoms with van der Waals surface area (Å²) in [6, 6.07) is 7.99. The van der Waals surface area contributed by atoms with E-state index in [4.69, 9.17) is 4.74 Å². The molecule has 1 saturated heterocycles. The maximum Gasteiger partial charge on any atom is 0.275 e. The minimum atomic E-state index is -0.141. The quantitative estimate of drug-likeness (QED) is 0.762. The van der Waals surface area contributed by atoms with Gasteiger partial charge in [-0.2, -0.15) is 5.10 Å². The highest BCUT2D eigenvalue weighted by Gasteiger charge is 2.16. The summed E-state index contributed by atoms with van der Waals surface area (Å²) >= 11 is 2.12. The third kappa shape index (κ3) is 4.10. The lowest BCUT2D eigenvalue weighted by Crippen LogP contribution is -2.35. The van der Waals surface area contributed by atoms with Gasteiger partial charge in [-0.1, -0.05) is 12.1 Å². The van der Waals surface area contributed by atoms with Gasteiger partial charge in [-0.15, -0.1) is 0 Å². The van der Waals surface area contributed by atoms with Gasteiger partial charge in [0.25, 0.3) is 5.91 Å². The minimum Gasteiger partial charge on any atom is -0.379 e. The molecule has 6 nitrogen and oxygen atoms in total. The molecular weight excluding hydrogens is 407 g/mol. The van der Waals surface area contributed by atoms with Crippen molar-refractivity contribution in [1.29, 1.82) is 0 Å². The normalized spacial score (nSPS) is 15.6. The van der Waals surface area contributed by atoms with Gasteiger partial charge in [0.2, 0.25) is 0 Å². The summed E-state index contributed by atoms with van der Waals surface area (Å²) in [5.41, 5.74) is 2.56. The van der Waals surface area contributed by atoms with Crippen LogP contribution in [-0.2, 0) is 18.3 Å². The van der Waals surface area contributed by atoms with Gasteiger partial charge in [-0.05, 0) is 40.3 Å². The first-order valence-electron chi connectivity index (χ1n) is 7.51. The van der Waals surface area contributed by atoms with E-state index in [1.807, 2.05) is 18.2 Å². The number of ether oxygens (including phenoxy) is 1. The summed E-state index contributed by atoms with van der Waals surface area (Å²) in [5, 5.41) is 7.06. The summed E-state index contributed by atoms with van der Waals surface area (Å²) in [6.45, 7) is 4.34. The predicted octanol–water partition coefficient (Wildman–Crippen LogP) is 2.11. The lowest BCUT2D eigenvalue weighted by molar-refractivity contribution is 0.0342. The number of hydrogen-bond donors (Lipinski definition) is 1. The Kier molecular flexibility index (Phi) is 5.29. The van der Waals surface area contributed by atoms with Crippen molar-refractivity contribution >= 4 is 34.2 Å². The SMILES string of the molecule is Cn1ncc(I)c1C(=O)Nc1cccc(CN2CCOCC2)c1. The summed E-state index contributed by atoms with van der Waals surface area (Å²) in [7, 11) is 1.77. The number of carbonyl (C=O) groups excluding carboxylic acids is 1. The molecule has 1 aromatic heterocycles. The van der Waals surface area contributed by atoms with Crippen molar-refractivity contribution in [1.82, 2.24) is 14.7 Å². The smallest absolute Gasteiger partial charge is 0.275 e. The number of amides is 1. The maximum absolute atomic E-state index is 12.4. The molecule has 0 spiro atoms. The zero-order chi connectivity index (χ0) is 16.2. The number of halogens is 1. The number of anilines is 1. The van der Waals surface area contributed by atoms with Gasteiger partial charge in [0.15, 0.2) is 0 Å².